The smallest absolute Gasteiger partial charge is 0.390 e. The minimum absolute atomic E-state index is 0.0903. The second kappa shape index (κ2) is 7.71. The van der Waals surface area contributed by atoms with Crippen LogP contribution in [0.4, 0.5) is 4.39 Å². The van der Waals surface area contributed by atoms with Crippen molar-refractivity contribution in [1.82, 2.24) is 23.9 Å². The van der Waals surface area contributed by atoms with Crippen LogP contribution in [0.25, 0.3) is 11.0 Å². The number of aromatic nitrogens is 5. The molecule has 0 spiro atoms. The molecule has 0 saturated heterocycles. The zero-order valence-electron chi connectivity index (χ0n) is 15.7. The van der Waals surface area contributed by atoms with Gasteiger partial charge >= 0.3 is 5.76 Å². The van der Waals surface area contributed by atoms with E-state index in [0.717, 1.165) is 9.25 Å². The van der Waals surface area contributed by atoms with Gasteiger partial charge in [-0.1, -0.05) is 23.7 Å². The van der Waals surface area contributed by atoms with Crippen molar-refractivity contribution in [2.24, 2.45) is 7.05 Å². The van der Waals surface area contributed by atoms with Crippen LogP contribution < -0.4 is 16.9 Å². The second-order valence-corrected chi connectivity index (χ2v) is 7.04. The van der Waals surface area contributed by atoms with Crippen molar-refractivity contribution >= 4 is 22.6 Å². The van der Waals surface area contributed by atoms with Crippen molar-refractivity contribution in [2.45, 2.75) is 19.3 Å². The Labute approximate surface area is 172 Å². The maximum absolute atomic E-state index is 14.5. The van der Waals surface area contributed by atoms with Gasteiger partial charge in [0.1, 0.15) is 18.2 Å². The third kappa shape index (κ3) is 3.69. The van der Waals surface area contributed by atoms with Crippen LogP contribution in [-0.2, 0) is 20.1 Å². The van der Waals surface area contributed by atoms with E-state index in [0.29, 0.717) is 16.1 Å². The number of pyridine rings is 1. The van der Waals surface area contributed by atoms with Crippen LogP contribution in [0.5, 0.6) is 0 Å². The summed E-state index contributed by atoms with van der Waals surface area (Å²) in [6, 6.07) is 8.90. The van der Waals surface area contributed by atoms with Crippen LogP contribution in [0.15, 0.2) is 61.5 Å². The molecule has 0 aliphatic heterocycles. The number of halogens is 2. The van der Waals surface area contributed by atoms with E-state index in [1.54, 1.807) is 12.1 Å². The minimum Gasteiger partial charge on any atom is -0.390 e. The van der Waals surface area contributed by atoms with E-state index >= 15 is 0 Å². The fourth-order valence-electron chi connectivity index (χ4n) is 3.02. The maximum Gasteiger partial charge on any atom is 0.437 e. The zero-order valence-corrected chi connectivity index (χ0v) is 16.4. The average molecular weight is 432 g/mol. The van der Waals surface area contributed by atoms with Crippen molar-refractivity contribution in [3.63, 3.8) is 0 Å². The molecule has 0 unspecified atom stereocenters. The number of alkyl halides is 1. The third-order valence-corrected chi connectivity index (χ3v) is 4.86. The molecule has 0 saturated carbocycles. The number of rotatable bonds is 5. The highest BCUT2D eigenvalue weighted by molar-refractivity contribution is 6.30. The molecular weight excluding hydrogens is 417 g/mol. The van der Waals surface area contributed by atoms with Gasteiger partial charge in [0.25, 0.3) is 11.1 Å². The predicted molar refractivity (Wildman–Crippen MR) is 106 cm³/mol. The summed E-state index contributed by atoms with van der Waals surface area (Å²) < 4.78 is 22.8. The van der Waals surface area contributed by atoms with Gasteiger partial charge in [-0.2, -0.15) is 4.68 Å². The molecule has 0 bridgehead atoms. The quantitative estimate of drug-likeness (QED) is 0.476. The fraction of sp³-hybridized carbons (Fsp3) is 0.211. The number of hydrogen-bond donors (Lipinski definition) is 0. The van der Waals surface area contributed by atoms with Gasteiger partial charge in [-0.3, -0.25) is 14.2 Å². The molecule has 1 aromatic carbocycles. The second-order valence-electron chi connectivity index (χ2n) is 6.60. The van der Waals surface area contributed by atoms with Gasteiger partial charge in [-0.05, 0) is 23.8 Å². The highest BCUT2D eigenvalue weighted by atomic mass is 35.5. The maximum atomic E-state index is 14.5. The van der Waals surface area contributed by atoms with Crippen LogP contribution >= 0.6 is 11.6 Å². The first-order valence-corrected chi connectivity index (χ1v) is 9.23. The largest absolute Gasteiger partial charge is 0.437 e. The van der Waals surface area contributed by atoms with Gasteiger partial charge in [-0.25, -0.2) is 14.2 Å². The number of benzene rings is 1. The van der Waals surface area contributed by atoms with E-state index in [2.05, 4.69) is 10.1 Å². The van der Waals surface area contributed by atoms with Crippen LogP contribution in [-0.4, -0.2) is 23.9 Å². The number of nitrogens with zero attached hydrogens (tertiary/aromatic N) is 5. The molecule has 30 heavy (non-hydrogen) atoms. The van der Waals surface area contributed by atoms with Crippen LogP contribution in [0.1, 0.15) is 17.6 Å². The Morgan fingerprint density at radius 1 is 1.13 bits per heavy atom. The molecule has 3 aromatic heterocycles. The molecule has 0 aliphatic carbocycles. The molecule has 154 valence electrons. The summed E-state index contributed by atoms with van der Waals surface area (Å²) in [6.45, 7) is -0.561. The van der Waals surface area contributed by atoms with Gasteiger partial charge in [-0.15, -0.1) is 5.10 Å². The summed E-state index contributed by atoms with van der Waals surface area (Å²) in [6.07, 6.45) is -0.239. The molecule has 0 N–H and O–H groups in total. The van der Waals surface area contributed by atoms with Gasteiger partial charge in [0, 0.05) is 18.1 Å². The number of hydrogen-bond acceptors (Lipinski definition) is 6. The van der Waals surface area contributed by atoms with E-state index in [1.165, 1.54) is 42.2 Å². The summed E-state index contributed by atoms with van der Waals surface area (Å²) in [5, 5.41) is 4.44. The number of aryl methyl sites for hydroxylation is 1. The highest BCUT2D eigenvalue weighted by Crippen LogP contribution is 2.20. The fourth-order valence-corrected chi connectivity index (χ4v) is 3.14. The molecule has 0 fully saturated rings. The number of fused-ring (bicyclic) bond motifs is 1. The SMILES string of the molecule is Cn1c(=O)ccc2ncn(Cc3nn(C[C@H](F)c4ccc(Cl)cc4)c(=O)o3)c(=O)c21. The van der Waals surface area contributed by atoms with Crippen LogP contribution in [0.2, 0.25) is 5.02 Å². The lowest BCUT2D eigenvalue weighted by molar-refractivity contribution is 0.283. The molecule has 9 nitrogen and oxygen atoms in total. The Morgan fingerprint density at radius 3 is 2.60 bits per heavy atom. The Balaban J connectivity index is 1.61. The molecular formula is C19H15ClFN5O4. The molecule has 0 amide bonds. The summed E-state index contributed by atoms with van der Waals surface area (Å²) in [4.78, 5) is 40.7. The van der Waals surface area contributed by atoms with Gasteiger partial charge < -0.3 is 8.98 Å². The van der Waals surface area contributed by atoms with Gasteiger partial charge in [0.15, 0.2) is 0 Å². The van der Waals surface area contributed by atoms with E-state index in [-0.39, 0.29) is 30.1 Å². The van der Waals surface area contributed by atoms with E-state index in [9.17, 15) is 18.8 Å². The first-order valence-electron chi connectivity index (χ1n) is 8.85. The Morgan fingerprint density at radius 2 is 1.87 bits per heavy atom. The molecule has 4 aromatic rings. The third-order valence-electron chi connectivity index (χ3n) is 4.61. The van der Waals surface area contributed by atoms with Gasteiger partial charge in [0.05, 0.1) is 18.4 Å². The van der Waals surface area contributed by atoms with E-state index < -0.39 is 17.5 Å². The molecule has 11 heteroatoms. The molecule has 4 rings (SSSR count). The summed E-state index contributed by atoms with van der Waals surface area (Å²) in [7, 11) is 1.46. The van der Waals surface area contributed by atoms with Crippen LogP contribution in [0, 0.1) is 0 Å². The first kappa shape index (κ1) is 19.8. The Hall–Kier alpha value is -3.53. The molecule has 0 aliphatic rings. The Kier molecular flexibility index (Phi) is 5.08. The summed E-state index contributed by atoms with van der Waals surface area (Å²) >= 11 is 5.79. The summed E-state index contributed by atoms with van der Waals surface area (Å²) in [5.41, 5.74) is -0.0494. The average Bonchev–Trinajstić information content (AvgIpc) is 3.06. The van der Waals surface area contributed by atoms with Gasteiger partial charge in [0.2, 0.25) is 5.89 Å². The van der Waals surface area contributed by atoms with E-state index in [4.69, 9.17) is 16.0 Å². The topological polar surface area (TPSA) is 105 Å². The predicted octanol–water partition coefficient (Wildman–Crippen LogP) is 1.66. The highest BCUT2D eigenvalue weighted by Gasteiger charge is 2.17. The first-order chi connectivity index (χ1) is 14.3. The van der Waals surface area contributed by atoms with E-state index in [1.807, 2.05) is 0 Å². The zero-order chi connectivity index (χ0) is 21.4. The molecule has 0 radical (unpaired) electrons. The van der Waals surface area contributed by atoms with Crippen molar-refractivity contribution in [1.29, 1.82) is 0 Å². The van der Waals surface area contributed by atoms with Crippen molar-refractivity contribution in [3.05, 3.63) is 90.5 Å². The van der Waals surface area contributed by atoms with Crippen molar-refractivity contribution in [3.8, 4) is 0 Å². The van der Waals surface area contributed by atoms with Crippen molar-refractivity contribution in [2.75, 3.05) is 0 Å². The lowest BCUT2D eigenvalue weighted by Crippen LogP contribution is -2.28. The molecule has 1 atom stereocenters. The van der Waals surface area contributed by atoms with Crippen LogP contribution in [0.3, 0.4) is 0 Å². The normalized spacial score (nSPS) is 12.4. The van der Waals surface area contributed by atoms with Crippen molar-refractivity contribution < 1.29 is 8.81 Å². The minimum atomic E-state index is -1.50. The molecule has 3 heterocycles. The standard InChI is InChI=1S/C19H15ClFN5O4/c1-24-16(27)7-6-14-17(24)18(28)25(10-22-14)9-15-23-26(19(29)30-15)8-13(21)11-2-4-12(20)5-3-11/h2-7,10,13H,8-9H2,1H3/t13-/m0/s1. The summed E-state index contributed by atoms with van der Waals surface area (Å²) in [5.74, 6) is -0.941. The Bertz CT molecular complexity index is 1400. The monoisotopic (exact) mass is 431 g/mol. The lowest BCUT2D eigenvalue weighted by Gasteiger charge is -2.07. The lowest BCUT2D eigenvalue weighted by atomic mass is 10.1.